The smallest absolute Gasteiger partial charge is 0.268 e. The Labute approximate surface area is 222 Å². The Bertz CT molecular complexity index is 1840. The van der Waals surface area contributed by atoms with Crippen LogP contribution in [0.2, 0.25) is 5.02 Å². The monoisotopic (exact) mass is 521 g/mol. The quantitative estimate of drug-likeness (QED) is 0.319. The fourth-order valence-electron chi connectivity index (χ4n) is 4.21. The van der Waals surface area contributed by atoms with Gasteiger partial charge < -0.3 is 9.30 Å². The third-order valence-electron chi connectivity index (χ3n) is 5.98. The van der Waals surface area contributed by atoms with Gasteiger partial charge in [0.25, 0.3) is 5.56 Å². The van der Waals surface area contributed by atoms with Gasteiger partial charge in [-0.25, -0.2) is 9.67 Å². The number of ether oxygens (including phenoxy) is 1. The van der Waals surface area contributed by atoms with Crippen molar-refractivity contribution in [2.45, 2.75) is 27.0 Å². The first kappa shape index (κ1) is 24.7. The average Bonchev–Trinajstić information content (AvgIpc) is 3.38. The van der Waals surface area contributed by atoms with Gasteiger partial charge in [-0.3, -0.25) is 9.78 Å². The number of para-hydroxylation sites is 1. The van der Waals surface area contributed by atoms with Gasteiger partial charge in [0.15, 0.2) is 0 Å². The molecule has 0 aliphatic heterocycles. The van der Waals surface area contributed by atoms with E-state index in [-0.39, 0.29) is 18.7 Å². The highest BCUT2D eigenvalue weighted by Crippen LogP contribution is 2.31. The number of aryl methyl sites for hydroxylation is 2. The summed E-state index contributed by atoms with van der Waals surface area (Å²) in [6, 6.07) is 16.4. The van der Waals surface area contributed by atoms with Gasteiger partial charge >= 0.3 is 0 Å². The second-order valence-corrected chi connectivity index (χ2v) is 9.05. The molecule has 10 heteroatoms. The molecule has 186 valence electrons. The Hall–Kier alpha value is -4.99. The lowest BCUT2D eigenvalue weighted by Gasteiger charge is -2.16. The van der Waals surface area contributed by atoms with E-state index in [9.17, 15) is 15.3 Å². The van der Waals surface area contributed by atoms with Crippen molar-refractivity contribution < 1.29 is 4.74 Å². The van der Waals surface area contributed by atoms with E-state index >= 15 is 0 Å². The van der Waals surface area contributed by atoms with Crippen molar-refractivity contribution in [2.24, 2.45) is 0 Å². The summed E-state index contributed by atoms with van der Waals surface area (Å²) >= 11 is 6.62. The molecule has 0 saturated heterocycles. The van der Waals surface area contributed by atoms with Gasteiger partial charge in [-0.2, -0.15) is 15.6 Å². The molecule has 4 aromatic heterocycles. The minimum absolute atomic E-state index is 0.0520. The maximum absolute atomic E-state index is 12.6. The van der Waals surface area contributed by atoms with Crippen molar-refractivity contribution in [1.29, 1.82) is 10.5 Å². The van der Waals surface area contributed by atoms with Crippen LogP contribution in [0.25, 0.3) is 16.6 Å². The third kappa shape index (κ3) is 4.71. The van der Waals surface area contributed by atoms with Crippen molar-refractivity contribution in [3.63, 3.8) is 0 Å². The fourth-order valence-corrected chi connectivity index (χ4v) is 4.53. The van der Waals surface area contributed by atoms with E-state index in [4.69, 9.17) is 21.3 Å². The van der Waals surface area contributed by atoms with Crippen LogP contribution in [0.1, 0.15) is 33.8 Å². The first-order chi connectivity index (χ1) is 18.4. The molecule has 9 nitrogen and oxygen atoms in total. The van der Waals surface area contributed by atoms with Crippen molar-refractivity contribution in [2.75, 3.05) is 0 Å². The van der Waals surface area contributed by atoms with Gasteiger partial charge in [0.1, 0.15) is 35.6 Å². The Morgan fingerprint density at radius 1 is 1.05 bits per heavy atom. The van der Waals surface area contributed by atoms with E-state index in [1.165, 1.54) is 16.8 Å². The van der Waals surface area contributed by atoms with Crippen LogP contribution in [0.15, 0.2) is 65.8 Å². The van der Waals surface area contributed by atoms with Crippen LogP contribution < -0.4 is 10.3 Å². The number of rotatable bonds is 6. The zero-order valence-corrected chi connectivity index (χ0v) is 21.3. The average molecular weight is 522 g/mol. The molecule has 0 radical (unpaired) electrons. The Morgan fingerprint density at radius 3 is 2.63 bits per heavy atom. The number of hydrogen-bond donors (Lipinski definition) is 0. The Morgan fingerprint density at radius 2 is 1.87 bits per heavy atom. The number of nitrogens with zero attached hydrogens (tertiary/aromatic N) is 7. The van der Waals surface area contributed by atoms with E-state index in [1.807, 2.05) is 44.2 Å². The highest BCUT2D eigenvalue weighted by atomic mass is 35.5. The van der Waals surface area contributed by atoms with Crippen molar-refractivity contribution >= 4 is 22.5 Å². The molecule has 0 N–H and O–H groups in total. The van der Waals surface area contributed by atoms with Gasteiger partial charge in [-0.15, -0.1) is 0 Å². The second kappa shape index (κ2) is 10.2. The minimum atomic E-state index is -0.402. The summed E-state index contributed by atoms with van der Waals surface area (Å²) in [5.41, 5.74) is 4.15. The summed E-state index contributed by atoms with van der Waals surface area (Å²) in [6.45, 7) is 3.91. The number of halogens is 1. The molecule has 0 aliphatic rings. The van der Waals surface area contributed by atoms with Crippen LogP contribution in [-0.4, -0.2) is 24.3 Å². The SMILES string of the molecule is Cc1cc(Cl)c(COc2cccc3c(-n4cc(C#N)cn4)cc(C)nc23)c(Cn2cccc(C#N)c2=O)n1. The molecule has 0 fully saturated rings. The van der Waals surface area contributed by atoms with Gasteiger partial charge in [0, 0.05) is 34.7 Å². The zero-order valence-electron chi connectivity index (χ0n) is 20.5. The Kier molecular flexibility index (Phi) is 6.61. The van der Waals surface area contributed by atoms with Crippen molar-refractivity contribution in [1.82, 2.24) is 24.3 Å². The van der Waals surface area contributed by atoms with E-state index in [0.717, 1.165) is 16.8 Å². The molecule has 0 saturated carbocycles. The number of hydrogen-bond acceptors (Lipinski definition) is 7. The highest BCUT2D eigenvalue weighted by Gasteiger charge is 2.16. The van der Waals surface area contributed by atoms with Gasteiger partial charge in [0.2, 0.25) is 0 Å². The minimum Gasteiger partial charge on any atom is -0.486 e. The van der Waals surface area contributed by atoms with Gasteiger partial charge in [-0.1, -0.05) is 23.7 Å². The first-order valence-electron chi connectivity index (χ1n) is 11.6. The molecule has 0 bridgehead atoms. The summed E-state index contributed by atoms with van der Waals surface area (Å²) in [5, 5.41) is 24.0. The maximum Gasteiger partial charge on any atom is 0.268 e. The van der Waals surface area contributed by atoms with Crippen LogP contribution in [0.4, 0.5) is 0 Å². The lowest BCUT2D eigenvalue weighted by molar-refractivity contribution is 0.307. The standard InChI is InChI=1S/C28H20ClN7O2/c1-17-9-23(29)22(24(33-17)15-35-8-4-5-20(12-31)28(35)37)16-38-26-7-3-6-21-25(10-18(2)34-27(21)26)36-14-19(11-30)13-32-36/h3-10,13-14H,15-16H2,1-2H3. The molecule has 0 unspecified atom stereocenters. The Balaban J connectivity index is 1.52. The number of benzene rings is 1. The normalized spacial score (nSPS) is 10.8. The molecular weight excluding hydrogens is 502 g/mol. The van der Waals surface area contributed by atoms with E-state index in [2.05, 4.69) is 16.2 Å². The lowest BCUT2D eigenvalue weighted by atomic mass is 10.1. The number of fused-ring (bicyclic) bond motifs is 1. The fraction of sp³-hybridized carbons (Fsp3) is 0.143. The van der Waals surface area contributed by atoms with Crippen LogP contribution in [0.3, 0.4) is 0 Å². The summed E-state index contributed by atoms with van der Waals surface area (Å²) in [4.78, 5) is 21.9. The van der Waals surface area contributed by atoms with Crippen LogP contribution in [0.5, 0.6) is 5.75 Å². The topological polar surface area (TPSA) is 122 Å². The number of nitriles is 2. The van der Waals surface area contributed by atoms with E-state index in [1.54, 1.807) is 29.2 Å². The summed E-state index contributed by atoms with van der Waals surface area (Å²) < 4.78 is 9.31. The van der Waals surface area contributed by atoms with Crippen LogP contribution in [-0.2, 0) is 13.2 Å². The summed E-state index contributed by atoms with van der Waals surface area (Å²) in [7, 11) is 0. The zero-order chi connectivity index (χ0) is 26.8. The molecule has 5 rings (SSSR count). The number of aromatic nitrogens is 5. The van der Waals surface area contributed by atoms with Crippen LogP contribution >= 0.6 is 11.6 Å². The lowest BCUT2D eigenvalue weighted by Crippen LogP contribution is -2.23. The molecule has 4 heterocycles. The van der Waals surface area contributed by atoms with Crippen LogP contribution in [0, 0.1) is 36.5 Å². The summed E-state index contributed by atoms with van der Waals surface area (Å²) in [5.74, 6) is 0.534. The molecule has 38 heavy (non-hydrogen) atoms. The molecule has 0 atom stereocenters. The van der Waals surface area contributed by atoms with Crippen molar-refractivity contribution in [3.8, 4) is 23.6 Å². The van der Waals surface area contributed by atoms with E-state index < -0.39 is 5.56 Å². The van der Waals surface area contributed by atoms with Crippen molar-refractivity contribution in [3.05, 3.63) is 110 Å². The van der Waals surface area contributed by atoms with Gasteiger partial charge in [-0.05, 0) is 44.2 Å². The third-order valence-corrected chi connectivity index (χ3v) is 6.32. The first-order valence-corrected chi connectivity index (χ1v) is 12.0. The second-order valence-electron chi connectivity index (χ2n) is 8.65. The number of pyridine rings is 3. The molecular formula is C28H20ClN7O2. The largest absolute Gasteiger partial charge is 0.486 e. The molecule has 0 aliphatic carbocycles. The molecule has 0 amide bonds. The molecule has 0 spiro atoms. The highest BCUT2D eigenvalue weighted by molar-refractivity contribution is 6.31. The predicted molar refractivity (Wildman–Crippen MR) is 141 cm³/mol. The van der Waals surface area contributed by atoms with E-state index in [0.29, 0.717) is 38.8 Å². The maximum atomic E-state index is 12.6. The summed E-state index contributed by atoms with van der Waals surface area (Å²) in [6.07, 6.45) is 4.78. The molecule has 1 aromatic carbocycles. The molecule has 5 aromatic rings. The van der Waals surface area contributed by atoms with Gasteiger partial charge in [0.05, 0.1) is 34.7 Å². The predicted octanol–water partition coefficient (Wildman–Crippen LogP) is 4.62.